The Morgan fingerprint density at radius 2 is 1.38 bits per heavy atom. The molecule has 0 aliphatic heterocycles. The predicted octanol–water partition coefficient (Wildman–Crippen LogP) is 6.47. The number of hydrogen-bond acceptors (Lipinski definition) is 0. The third-order valence-corrected chi connectivity index (χ3v) is 2.77. The smallest absolute Gasteiger partial charge is 0.0383 e. The van der Waals surface area contributed by atoms with Gasteiger partial charge in [0.15, 0.2) is 0 Å². The van der Waals surface area contributed by atoms with Crippen molar-refractivity contribution in [3.8, 4) is 0 Å². The lowest BCUT2D eigenvalue weighted by atomic mass is 10.1. The lowest BCUT2D eigenvalue weighted by Crippen LogP contribution is -1.81. The van der Waals surface area contributed by atoms with Crippen LogP contribution in [0.15, 0.2) is 13.2 Å². The predicted molar refractivity (Wildman–Crippen MR) is 80.0 cm³/mol. The van der Waals surface area contributed by atoms with Crippen molar-refractivity contribution < 1.29 is 0 Å². The van der Waals surface area contributed by atoms with E-state index >= 15 is 0 Å². The first-order chi connectivity index (χ1) is 7.88. The second kappa shape index (κ2) is 20.2. The van der Waals surface area contributed by atoms with E-state index in [0.29, 0.717) is 0 Å². The van der Waals surface area contributed by atoms with Gasteiger partial charge in [0.1, 0.15) is 0 Å². The summed E-state index contributed by atoms with van der Waals surface area (Å²) in [7, 11) is 0. The molecule has 1 aliphatic carbocycles. The zero-order valence-electron chi connectivity index (χ0n) is 12.8. The van der Waals surface area contributed by atoms with Crippen LogP contribution < -0.4 is 0 Å². The summed E-state index contributed by atoms with van der Waals surface area (Å²) in [6, 6.07) is 0. The van der Waals surface area contributed by atoms with E-state index in [2.05, 4.69) is 27.0 Å². The highest BCUT2D eigenvalue weighted by Gasteiger charge is 2.33. The molecular formula is C16H36. The Morgan fingerprint density at radius 1 is 0.875 bits per heavy atom. The van der Waals surface area contributed by atoms with Gasteiger partial charge in [0.2, 0.25) is 0 Å². The fourth-order valence-corrected chi connectivity index (χ4v) is 1.82. The maximum absolute atomic E-state index is 3.00. The molecule has 0 radical (unpaired) electrons. The quantitative estimate of drug-likeness (QED) is 0.374. The monoisotopic (exact) mass is 228 g/mol. The molecule has 2 unspecified atom stereocenters. The van der Waals surface area contributed by atoms with E-state index in [4.69, 9.17) is 0 Å². The van der Waals surface area contributed by atoms with Crippen molar-refractivity contribution in [1.29, 1.82) is 0 Å². The lowest BCUT2D eigenvalue weighted by molar-refractivity contribution is 0.575. The highest BCUT2D eigenvalue weighted by Crippen LogP contribution is 2.44. The molecule has 0 nitrogen and oxygen atoms in total. The molecule has 0 aromatic carbocycles. The summed E-state index contributed by atoms with van der Waals surface area (Å²) in [4.78, 5) is 0. The Hall–Kier alpha value is -0.260. The van der Waals surface area contributed by atoms with E-state index in [0.717, 1.165) is 11.8 Å². The summed E-state index contributed by atoms with van der Waals surface area (Å²) in [5.41, 5.74) is 0. The van der Waals surface area contributed by atoms with Gasteiger partial charge in [0.25, 0.3) is 0 Å². The Balaban J connectivity index is -0.000000245. The molecule has 0 aromatic heterocycles. The minimum Gasteiger partial charge on any atom is -0.106 e. The van der Waals surface area contributed by atoms with Crippen molar-refractivity contribution in [1.82, 2.24) is 0 Å². The van der Waals surface area contributed by atoms with E-state index in [-0.39, 0.29) is 0 Å². The van der Waals surface area contributed by atoms with E-state index < -0.39 is 0 Å². The van der Waals surface area contributed by atoms with E-state index in [9.17, 15) is 0 Å². The lowest BCUT2D eigenvalue weighted by Gasteiger charge is -1.95. The second-order valence-electron chi connectivity index (χ2n) is 3.66. The molecule has 1 rings (SSSR count). The highest BCUT2D eigenvalue weighted by atomic mass is 14.4. The molecular weight excluding hydrogens is 192 g/mol. The summed E-state index contributed by atoms with van der Waals surface area (Å²) in [6.45, 7) is 18.6. The van der Waals surface area contributed by atoms with Crippen LogP contribution in [0.3, 0.4) is 0 Å². The van der Waals surface area contributed by atoms with Gasteiger partial charge in [-0.15, -0.1) is 13.2 Å². The number of rotatable bonds is 5. The summed E-state index contributed by atoms with van der Waals surface area (Å²) in [5.74, 6) is 2.26. The fraction of sp³-hybridized carbons (Fsp3) is 0.875. The number of hydrogen-bond donors (Lipinski definition) is 0. The van der Waals surface area contributed by atoms with Crippen molar-refractivity contribution in [2.24, 2.45) is 11.8 Å². The Bertz CT molecular complexity index is 96.2. The Morgan fingerprint density at radius 3 is 1.69 bits per heavy atom. The molecule has 16 heavy (non-hydrogen) atoms. The minimum absolute atomic E-state index is 1.12. The molecule has 1 aliphatic rings. The second-order valence-corrected chi connectivity index (χ2v) is 3.66. The van der Waals surface area contributed by atoms with Gasteiger partial charge >= 0.3 is 0 Å². The molecule has 0 heterocycles. The minimum atomic E-state index is 1.12. The molecule has 1 fully saturated rings. The van der Waals surface area contributed by atoms with Crippen molar-refractivity contribution in [3.05, 3.63) is 13.2 Å². The van der Waals surface area contributed by atoms with Gasteiger partial charge < -0.3 is 0 Å². The first-order valence-electron chi connectivity index (χ1n) is 7.38. The Labute approximate surface area is 106 Å². The molecule has 0 N–H and O–H groups in total. The van der Waals surface area contributed by atoms with Gasteiger partial charge in [-0.05, 0) is 18.3 Å². The van der Waals surface area contributed by atoms with Crippen LogP contribution in [0, 0.1) is 11.8 Å². The first-order valence-corrected chi connectivity index (χ1v) is 7.38. The van der Waals surface area contributed by atoms with Crippen LogP contribution in [0.5, 0.6) is 0 Å². The molecule has 100 valence electrons. The van der Waals surface area contributed by atoms with Gasteiger partial charge in [-0.25, -0.2) is 0 Å². The summed E-state index contributed by atoms with van der Waals surface area (Å²) in [5, 5.41) is 0. The van der Waals surface area contributed by atoms with E-state index in [1.807, 2.05) is 27.7 Å². The zero-order chi connectivity index (χ0) is 13.4. The largest absolute Gasteiger partial charge is 0.106 e. The molecule has 0 amide bonds. The molecule has 2 atom stereocenters. The molecule has 1 saturated carbocycles. The van der Waals surface area contributed by atoms with Gasteiger partial charge in [-0.2, -0.15) is 0 Å². The van der Waals surface area contributed by atoms with Gasteiger partial charge in [-0.3, -0.25) is 0 Å². The third-order valence-electron chi connectivity index (χ3n) is 2.77. The Kier molecular flexibility index (Phi) is 26.6. The molecule has 0 heteroatoms. The van der Waals surface area contributed by atoms with Crippen LogP contribution in [0.2, 0.25) is 0 Å². The van der Waals surface area contributed by atoms with Gasteiger partial charge in [-0.1, -0.05) is 73.6 Å². The third kappa shape index (κ3) is 13.7. The van der Waals surface area contributed by atoms with Crippen molar-refractivity contribution in [3.63, 3.8) is 0 Å². The fourth-order valence-electron chi connectivity index (χ4n) is 1.82. The molecule has 0 saturated heterocycles. The molecule has 0 aromatic rings. The SMILES string of the molecule is C=C.CC.CC.CCCCCC1CC1CC. The van der Waals surface area contributed by atoms with E-state index in [1.165, 1.54) is 32.1 Å². The van der Waals surface area contributed by atoms with Crippen molar-refractivity contribution in [2.75, 3.05) is 0 Å². The maximum Gasteiger partial charge on any atom is -0.0383 e. The molecule has 0 spiro atoms. The highest BCUT2D eigenvalue weighted by molar-refractivity contribution is 4.84. The van der Waals surface area contributed by atoms with Gasteiger partial charge in [0, 0.05) is 0 Å². The van der Waals surface area contributed by atoms with Crippen LogP contribution in [0.25, 0.3) is 0 Å². The van der Waals surface area contributed by atoms with Crippen LogP contribution in [0.4, 0.5) is 0 Å². The van der Waals surface area contributed by atoms with Gasteiger partial charge in [0.05, 0.1) is 0 Å². The zero-order valence-corrected chi connectivity index (χ0v) is 12.8. The first kappa shape index (κ1) is 21.1. The maximum atomic E-state index is 3.00. The van der Waals surface area contributed by atoms with Crippen LogP contribution in [-0.4, -0.2) is 0 Å². The van der Waals surface area contributed by atoms with Crippen molar-refractivity contribution in [2.45, 2.75) is 80.1 Å². The van der Waals surface area contributed by atoms with E-state index in [1.54, 1.807) is 6.42 Å². The summed E-state index contributed by atoms with van der Waals surface area (Å²) < 4.78 is 0. The van der Waals surface area contributed by atoms with Crippen molar-refractivity contribution >= 4 is 0 Å². The topological polar surface area (TPSA) is 0 Å². The van der Waals surface area contributed by atoms with Crippen LogP contribution in [-0.2, 0) is 0 Å². The number of unbranched alkanes of at least 4 members (excludes halogenated alkanes) is 2. The van der Waals surface area contributed by atoms with Crippen LogP contribution in [0.1, 0.15) is 80.1 Å². The summed E-state index contributed by atoms with van der Waals surface area (Å²) >= 11 is 0. The average Bonchev–Trinajstić information content (AvgIpc) is 3.16. The average molecular weight is 228 g/mol. The molecule has 0 bridgehead atoms. The summed E-state index contributed by atoms with van der Waals surface area (Å²) in [6.07, 6.45) is 8.80. The van der Waals surface area contributed by atoms with Crippen LogP contribution >= 0.6 is 0 Å². The standard InChI is InChI=1S/C10H20.2C2H6.C2H4/c1-3-5-6-7-10-8-9(10)4-2;3*1-2/h9-10H,3-8H2,1-2H3;2*1-2H3;1-2H2. The normalized spacial score (nSPS) is 20.1.